The van der Waals surface area contributed by atoms with Crippen LogP contribution in [-0.4, -0.2) is 51.4 Å². The van der Waals surface area contributed by atoms with Gasteiger partial charge in [0.1, 0.15) is 5.82 Å². The number of amides is 1. The molecule has 2 saturated heterocycles. The van der Waals surface area contributed by atoms with Crippen molar-refractivity contribution >= 4 is 11.9 Å². The van der Waals surface area contributed by atoms with Crippen molar-refractivity contribution in [2.45, 2.75) is 33.2 Å². The Kier molecular flexibility index (Phi) is 5.12. The number of carbonyl (C=O) groups is 1. The minimum atomic E-state index is -0.379. The smallest absolute Gasteiger partial charge is 0.254 e. The van der Waals surface area contributed by atoms with Crippen LogP contribution in [0.4, 0.5) is 10.3 Å². The molecule has 4 heterocycles. The SMILES string of the molecule is Cc1cccc(-c2cc(F)ccc2C(=O)N2CCC3CN(c4nc(C)cc(C)n4)C3C2)n1. The lowest BCUT2D eigenvalue weighted by molar-refractivity contribution is 0.0590. The van der Waals surface area contributed by atoms with Crippen LogP contribution in [0.3, 0.4) is 0 Å². The van der Waals surface area contributed by atoms with E-state index in [-0.39, 0.29) is 17.8 Å². The number of piperidine rings is 1. The van der Waals surface area contributed by atoms with Crippen LogP contribution in [0.15, 0.2) is 42.5 Å². The number of aryl methyl sites for hydroxylation is 3. The first kappa shape index (κ1) is 20.5. The number of anilines is 1. The molecule has 3 aromatic rings. The predicted octanol–water partition coefficient (Wildman–Crippen LogP) is 3.95. The van der Waals surface area contributed by atoms with E-state index in [0.717, 1.165) is 36.0 Å². The van der Waals surface area contributed by atoms with Gasteiger partial charge < -0.3 is 9.80 Å². The van der Waals surface area contributed by atoms with E-state index in [1.165, 1.54) is 12.1 Å². The number of hydrogen-bond acceptors (Lipinski definition) is 5. The number of benzene rings is 1. The first-order valence-electron chi connectivity index (χ1n) is 11.0. The summed E-state index contributed by atoms with van der Waals surface area (Å²) in [6, 6.07) is 12.1. The molecule has 32 heavy (non-hydrogen) atoms. The highest BCUT2D eigenvalue weighted by atomic mass is 19.1. The summed E-state index contributed by atoms with van der Waals surface area (Å²) in [7, 11) is 0. The van der Waals surface area contributed by atoms with Crippen molar-refractivity contribution in [3.63, 3.8) is 0 Å². The quantitative estimate of drug-likeness (QED) is 0.628. The molecule has 1 amide bonds. The molecule has 0 aliphatic carbocycles. The highest BCUT2D eigenvalue weighted by molar-refractivity contribution is 6.00. The molecule has 2 unspecified atom stereocenters. The number of pyridine rings is 1. The van der Waals surface area contributed by atoms with Crippen molar-refractivity contribution in [2.75, 3.05) is 24.5 Å². The standard InChI is InChI=1S/C25H26FN5O/c1-15-5-4-6-22(27-15)21-12-19(26)7-8-20(21)24(32)30-10-9-18-13-31(23(18)14-30)25-28-16(2)11-17(3)29-25/h4-8,11-12,18,23H,9-10,13-14H2,1-3H3. The molecule has 0 spiro atoms. The molecule has 6 nitrogen and oxygen atoms in total. The van der Waals surface area contributed by atoms with E-state index in [0.29, 0.717) is 35.8 Å². The van der Waals surface area contributed by atoms with E-state index in [1.54, 1.807) is 6.07 Å². The Balaban J connectivity index is 1.41. The summed E-state index contributed by atoms with van der Waals surface area (Å²) in [5, 5.41) is 0. The van der Waals surface area contributed by atoms with Gasteiger partial charge in [0.15, 0.2) is 0 Å². The molecular weight excluding hydrogens is 405 g/mol. The van der Waals surface area contributed by atoms with Gasteiger partial charge in [0, 0.05) is 53.8 Å². The minimum Gasteiger partial charge on any atom is -0.337 e. The molecule has 0 N–H and O–H groups in total. The molecular formula is C25H26FN5O. The van der Waals surface area contributed by atoms with Crippen LogP contribution in [-0.2, 0) is 0 Å². The van der Waals surface area contributed by atoms with Gasteiger partial charge in [-0.3, -0.25) is 9.78 Å². The van der Waals surface area contributed by atoms with Gasteiger partial charge in [-0.2, -0.15) is 0 Å². The maximum atomic E-state index is 14.1. The van der Waals surface area contributed by atoms with E-state index >= 15 is 0 Å². The zero-order valence-corrected chi connectivity index (χ0v) is 18.5. The second kappa shape index (κ2) is 7.97. The van der Waals surface area contributed by atoms with Crippen LogP contribution in [0.2, 0.25) is 0 Å². The third kappa shape index (κ3) is 3.72. The number of hydrogen-bond donors (Lipinski definition) is 0. The van der Waals surface area contributed by atoms with Gasteiger partial charge in [-0.25, -0.2) is 14.4 Å². The second-order valence-corrected chi connectivity index (χ2v) is 8.82. The summed E-state index contributed by atoms with van der Waals surface area (Å²) in [4.78, 5) is 31.4. The maximum Gasteiger partial charge on any atom is 0.254 e. The molecule has 2 fully saturated rings. The summed E-state index contributed by atoms with van der Waals surface area (Å²) in [6.45, 7) is 8.06. The minimum absolute atomic E-state index is 0.0880. The van der Waals surface area contributed by atoms with E-state index in [1.807, 2.05) is 49.9 Å². The number of fused-ring (bicyclic) bond motifs is 1. The van der Waals surface area contributed by atoms with Crippen LogP contribution in [0, 0.1) is 32.5 Å². The zero-order valence-electron chi connectivity index (χ0n) is 18.5. The molecule has 5 rings (SSSR count). The Hall–Kier alpha value is -3.35. The molecule has 2 aliphatic rings. The van der Waals surface area contributed by atoms with E-state index in [4.69, 9.17) is 0 Å². The van der Waals surface area contributed by atoms with Crippen molar-refractivity contribution in [1.29, 1.82) is 0 Å². The van der Waals surface area contributed by atoms with Crippen molar-refractivity contribution in [3.05, 3.63) is 70.9 Å². The number of rotatable bonds is 3. The zero-order chi connectivity index (χ0) is 22.4. The monoisotopic (exact) mass is 431 g/mol. The second-order valence-electron chi connectivity index (χ2n) is 8.82. The van der Waals surface area contributed by atoms with Crippen molar-refractivity contribution in [3.8, 4) is 11.3 Å². The maximum absolute atomic E-state index is 14.1. The third-order valence-electron chi connectivity index (χ3n) is 6.44. The lowest BCUT2D eigenvalue weighted by atomic mass is 9.82. The predicted molar refractivity (Wildman–Crippen MR) is 121 cm³/mol. The molecule has 7 heteroatoms. The largest absolute Gasteiger partial charge is 0.337 e. The molecule has 164 valence electrons. The van der Waals surface area contributed by atoms with Crippen LogP contribution >= 0.6 is 0 Å². The average molecular weight is 432 g/mol. The number of aromatic nitrogens is 3. The first-order chi connectivity index (χ1) is 15.4. The van der Waals surface area contributed by atoms with Gasteiger partial charge in [0.05, 0.1) is 11.7 Å². The average Bonchev–Trinajstić information content (AvgIpc) is 2.73. The Labute approximate surface area is 187 Å². The number of likely N-dealkylation sites (tertiary alicyclic amines) is 1. The topological polar surface area (TPSA) is 62.2 Å². The van der Waals surface area contributed by atoms with Gasteiger partial charge >= 0.3 is 0 Å². The summed E-state index contributed by atoms with van der Waals surface area (Å²) in [6.07, 6.45) is 0.941. The summed E-state index contributed by atoms with van der Waals surface area (Å²) in [5.41, 5.74) is 4.34. The highest BCUT2D eigenvalue weighted by Gasteiger charge is 2.45. The highest BCUT2D eigenvalue weighted by Crippen LogP contribution is 2.36. The molecule has 0 radical (unpaired) electrons. The number of carbonyl (C=O) groups excluding carboxylic acids is 1. The summed E-state index contributed by atoms with van der Waals surface area (Å²) in [5.74, 6) is 0.810. The lowest BCUT2D eigenvalue weighted by Gasteiger charge is -2.53. The molecule has 2 aromatic heterocycles. The van der Waals surface area contributed by atoms with Crippen LogP contribution in [0.5, 0.6) is 0 Å². The van der Waals surface area contributed by atoms with Crippen molar-refractivity contribution in [1.82, 2.24) is 19.9 Å². The summed E-state index contributed by atoms with van der Waals surface area (Å²) >= 11 is 0. The number of halogens is 1. The molecule has 0 bridgehead atoms. The van der Waals surface area contributed by atoms with Gasteiger partial charge in [0.2, 0.25) is 5.95 Å². The molecule has 2 atom stereocenters. The Morgan fingerprint density at radius 1 is 0.969 bits per heavy atom. The molecule has 2 aliphatic heterocycles. The van der Waals surface area contributed by atoms with E-state index < -0.39 is 0 Å². The van der Waals surface area contributed by atoms with Gasteiger partial charge in [-0.05, 0) is 63.6 Å². The Morgan fingerprint density at radius 3 is 2.50 bits per heavy atom. The van der Waals surface area contributed by atoms with E-state index in [2.05, 4.69) is 19.9 Å². The Bertz CT molecular complexity index is 1180. The third-order valence-corrected chi connectivity index (χ3v) is 6.44. The van der Waals surface area contributed by atoms with E-state index in [9.17, 15) is 9.18 Å². The number of nitrogens with zero attached hydrogens (tertiary/aromatic N) is 5. The fraction of sp³-hybridized carbons (Fsp3) is 0.360. The van der Waals surface area contributed by atoms with Gasteiger partial charge in [0.25, 0.3) is 5.91 Å². The fourth-order valence-corrected chi connectivity index (χ4v) is 4.82. The summed E-state index contributed by atoms with van der Waals surface area (Å²) < 4.78 is 14.1. The van der Waals surface area contributed by atoms with Crippen LogP contribution in [0.25, 0.3) is 11.3 Å². The fourth-order valence-electron chi connectivity index (χ4n) is 4.82. The Morgan fingerprint density at radius 2 is 1.75 bits per heavy atom. The lowest BCUT2D eigenvalue weighted by Crippen LogP contribution is -2.65. The first-order valence-corrected chi connectivity index (χ1v) is 11.0. The normalized spacial score (nSPS) is 20.0. The van der Waals surface area contributed by atoms with Crippen molar-refractivity contribution < 1.29 is 9.18 Å². The van der Waals surface area contributed by atoms with Crippen LogP contribution < -0.4 is 4.90 Å². The molecule has 0 saturated carbocycles. The van der Waals surface area contributed by atoms with Gasteiger partial charge in [-0.1, -0.05) is 6.07 Å². The van der Waals surface area contributed by atoms with Gasteiger partial charge in [-0.15, -0.1) is 0 Å². The van der Waals surface area contributed by atoms with Crippen molar-refractivity contribution in [2.24, 2.45) is 5.92 Å². The van der Waals surface area contributed by atoms with Crippen LogP contribution in [0.1, 0.15) is 33.9 Å². The molecule has 1 aromatic carbocycles.